The molecule has 0 radical (unpaired) electrons. The van der Waals surface area contributed by atoms with Gasteiger partial charge in [0.2, 0.25) is 0 Å². The molecule has 60 valence electrons. The van der Waals surface area contributed by atoms with E-state index in [0.717, 1.165) is 19.3 Å². The second kappa shape index (κ2) is 5.54. The van der Waals surface area contributed by atoms with Crippen LogP contribution in [0.3, 0.4) is 0 Å². The zero-order chi connectivity index (χ0) is 7.98. The summed E-state index contributed by atoms with van der Waals surface area (Å²) in [6.45, 7) is 3.43. The molecule has 3 heteroatoms. The first-order valence-electron chi connectivity index (χ1n) is 3.48. The highest BCUT2D eigenvalue weighted by Crippen LogP contribution is 2.08. The predicted octanol–water partition coefficient (Wildman–Crippen LogP) is 2.30. The van der Waals surface area contributed by atoms with Crippen molar-refractivity contribution in [2.45, 2.75) is 38.7 Å². The van der Waals surface area contributed by atoms with E-state index >= 15 is 0 Å². The highest BCUT2D eigenvalue weighted by Gasteiger charge is 2.05. The van der Waals surface area contributed by atoms with Gasteiger partial charge in [-0.25, -0.2) is 0 Å². The summed E-state index contributed by atoms with van der Waals surface area (Å²) in [5, 5.41) is 0. The van der Waals surface area contributed by atoms with Crippen molar-refractivity contribution in [3.8, 4) is 0 Å². The first-order valence-corrected chi connectivity index (χ1v) is 3.91. The number of hydrogen-bond donors (Lipinski definition) is 0. The lowest BCUT2D eigenvalue weighted by molar-refractivity contribution is -0.142. The van der Waals surface area contributed by atoms with E-state index < -0.39 is 5.56 Å². The molecule has 0 bridgehead atoms. The van der Waals surface area contributed by atoms with Gasteiger partial charge in [-0.2, -0.15) is 0 Å². The second-order valence-corrected chi connectivity index (χ2v) is 2.65. The van der Waals surface area contributed by atoms with Crippen molar-refractivity contribution in [3.05, 3.63) is 0 Å². The van der Waals surface area contributed by atoms with Crippen molar-refractivity contribution in [1.29, 1.82) is 0 Å². The molecule has 10 heavy (non-hydrogen) atoms. The Labute approximate surface area is 66.5 Å². The summed E-state index contributed by atoms with van der Waals surface area (Å²) in [4.78, 5) is 10.3. The Bertz CT molecular complexity index is 104. The lowest BCUT2D eigenvalue weighted by Crippen LogP contribution is -2.08. The van der Waals surface area contributed by atoms with Gasteiger partial charge in [-0.1, -0.05) is 24.9 Å². The number of rotatable bonds is 4. The molecule has 0 aromatic rings. The molecule has 1 unspecified atom stereocenters. The predicted molar refractivity (Wildman–Crippen MR) is 40.9 cm³/mol. The fourth-order valence-corrected chi connectivity index (χ4v) is 0.883. The molecule has 0 aliphatic carbocycles. The molecule has 0 N–H and O–H groups in total. The van der Waals surface area contributed by atoms with Crippen LogP contribution in [0.25, 0.3) is 0 Å². The van der Waals surface area contributed by atoms with Crippen LogP contribution in [0.1, 0.15) is 33.1 Å². The van der Waals surface area contributed by atoms with Crippen molar-refractivity contribution in [2.24, 2.45) is 0 Å². The fraction of sp³-hybridized carbons (Fsp3) is 0.857. The van der Waals surface area contributed by atoms with E-state index in [1.807, 2.05) is 0 Å². The third-order valence-corrected chi connectivity index (χ3v) is 1.39. The minimum Gasteiger partial charge on any atom is -0.446 e. The van der Waals surface area contributed by atoms with Crippen molar-refractivity contribution in [2.75, 3.05) is 0 Å². The van der Waals surface area contributed by atoms with Crippen LogP contribution in [0.2, 0.25) is 0 Å². The topological polar surface area (TPSA) is 26.3 Å². The van der Waals surface area contributed by atoms with Crippen molar-refractivity contribution >= 4 is 17.6 Å². The maximum atomic E-state index is 10.3. The number of esters is 1. The lowest BCUT2D eigenvalue weighted by Gasteiger charge is -2.07. The number of hydrogen-bond acceptors (Lipinski definition) is 2. The van der Waals surface area contributed by atoms with Crippen LogP contribution in [-0.2, 0) is 9.53 Å². The first-order chi connectivity index (χ1) is 4.66. The second-order valence-electron chi connectivity index (χ2n) is 2.16. The Morgan fingerprint density at radius 1 is 1.70 bits per heavy atom. The zero-order valence-electron chi connectivity index (χ0n) is 6.39. The van der Waals surface area contributed by atoms with E-state index in [2.05, 4.69) is 11.7 Å². The van der Waals surface area contributed by atoms with Gasteiger partial charge in [0.1, 0.15) is 0 Å². The number of carbonyl (C=O) groups excluding carboxylic acids is 1. The number of ether oxygens (including phenoxy) is 1. The summed E-state index contributed by atoms with van der Waals surface area (Å²) in [5.74, 6) is -0.309. The minimum atomic E-state index is -0.433. The molecule has 0 aromatic carbocycles. The number of halogens is 1. The Kier molecular flexibility index (Phi) is 5.40. The summed E-state index contributed by atoms with van der Waals surface area (Å²) >= 11 is 5.61. The highest BCUT2D eigenvalue weighted by atomic mass is 35.5. The molecule has 0 fully saturated rings. The minimum absolute atomic E-state index is 0.309. The van der Waals surface area contributed by atoms with Crippen LogP contribution in [0.4, 0.5) is 0 Å². The maximum absolute atomic E-state index is 10.3. The Morgan fingerprint density at radius 2 is 2.30 bits per heavy atom. The van der Waals surface area contributed by atoms with Gasteiger partial charge >= 0.3 is 5.97 Å². The quantitative estimate of drug-likeness (QED) is 0.471. The van der Waals surface area contributed by atoms with Crippen LogP contribution in [0.15, 0.2) is 0 Å². The average molecular weight is 165 g/mol. The van der Waals surface area contributed by atoms with Gasteiger partial charge < -0.3 is 4.74 Å². The van der Waals surface area contributed by atoms with Crippen molar-refractivity contribution in [1.82, 2.24) is 0 Å². The molecule has 0 saturated heterocycles. The van der Waals surface area contributed by atoms with Gasteiger partial charge in [-0.15, -0.1) is 0 Å². The summed E-state index contributed by atoms with van der Waals surface area (Å²) in [6.07, 6.45) is 2.82. The summed E-state index contributed by atoms with van der Waals surface area (Å²) < 4.78 is 4.68. The molecular formula is C7H13ClO2. The van der Waals surface area contributed by atoms with Gasteiger partial charge in [-0.3, -0.25) is 4.79 Å². The number of alkyl halides is 1. The molecule has 0 spiro atoms. The molecule has 0 rings (SSSR count). The molecule has 0 aliphatic heterocycles. The van der Waals surface area contributed by atoms with Crippen molar-refractivity contribution in [3.63, 3.8) is 0 Å². The third kappa shape index (κ3) is 5.89. The molecule has 0 aromatic heterocycles. The molecule has 1 atom stereocenters. The van der Waals surface area contributed by atoms with Crippen LogP contribution in [-0.4, -0.2) is 11.5 Å². The van der Waals surface area contributed by atoms with E-state index in [9.17, 15) is 4.79 Å². The first kappa shape index (κ1) is 9.76. The summed E-state index contributed by atoms with van der Waals surface area (Å²) in [6, 6.07) is 0. The Hall–Kier alpha value is -0.240. The third-order valence-electron chi connectivity index (χ3n) is 1.08. The molecule has 2 nitrogen and oxygen atoms in total. The molecule has 0 amide bonds. The summed E-state index contributed by atoms with van der Waals surface area (Å²) in [7, 11) is 0. The van der Waals surface area contributed by atoms with Gasteiger partial charge in [0, 0.05) is 6.92 Å². The van der Waals surface area contributed by atoms with Gasteiger partial charge in [0.15, 0.2) is 5.56 Å². The lowest BCUT2D eigenvalue weighted by atomic mass is 10.3. The van der Waals surface area contributed by atoms with Crippen LogP contribution in [0.5, 0.6) is 0 Å². The van der Waals surface area contributed by atoms with Crippen LogP contribution >= 0.6 is 11.6 Å². The molecule has 0 aliphatic rings. The molecule has 0 saturated carbocycles. The average Bonchev–Trinajstić information content (AvgIpc) is 1.82. The largest absolute Gasteiger partial charge is 0.446 e. The fourth-order valence-electron chi connectivity index (χ4n) is 0.604. The smallest absolute Gasteiger partial charge is 0.304 e. The number of unbranched alkanes of at least 4 members (excludes halogenated alkanes) is 1. The van der Waals surface area contributed by atoms with Gasteiger partial charge in [0.25, 0.3) is 0 Å². The maximum Gasteiger partial charge on any atom is 0.304 e. The van der Waals surface area contributed by atoms with Crippen LogP contribution in [0, 0.1) is 0 Å². The molecular weight excluding hydrogens is 152 g/mol. The van der Waals surface area contributed by atoms with E-state index in [-0.39, 0.29) is 5.97 Å². The highest BCUT2D eigenvalue weighted by molar-refractivity contribution is 6.20. The normalized spacial score (nSPS) is 12.7. The molecule has 0 heterocycles. The van der Waals surface area contributed by atoms with Crippen molar-refractivity contribution < 1.29 is 9.53 Å². The summed E-state index contributed by atoms with van der Waals surface area (Å²) in [5.41, 5.74) is -0.433. The monoisotopic (exact) mass is 164 g/mol. The van der Waals surface area contributed by atoms with E-state index in [4.69, 9.17) is 11.6 Å². The van der Waals surface area contributed by atoms with E-state index in [0.29, 0.717) is 0 Å². The van der Waals surface area contributed by atoms with E-state index in [1.54, 1.807) is 0 Å². The van der Waals surface area contributed by atoms with Crippen LogP contribution < -0.4 is 0 Å². The van der Waals surface area contributed by atoms with Gasteiger partial charge in [0.05, 0.1) is 0 Å². The zero-order valence-corrected chi connectivity index (χ0v) is 7.15. The number of carbonyl (C=O) groups is 1. The van der Waals surface area contributed by atoms with E-state index in [1.165, 1.54) is 6.92 Å². The Balaban J connectivity index is 3.25. The standard InChI is InChI=1S/C7H13ClO2/c1-3-4-5-7(8)10-6(2)9/h7H,3-5H2,1-2H3. The Morgan fingerprint density at radius 3 is 2.70 bits per heavy atom. The van der Waals surface area contributed by atoms with Gasteiger partial charge in [-0.05, 0) is 12.8 Å². The SMILES string of the molecule is CCCCC(Cl)OC(C)=O.